The first-order chi connectivity index (χ1) is 7.60. The standard InChI is InChI=1S/C16H26/c1-6-9-15(5)12-13-16(7-2)11-8-10-14(3)4/h6-7,12-14H,1-2,8-11H2,3-5H3. The van der Waals surface area contributed by atoms with Crippen molar-refractivity contribution in [1.29, 1.82) is 0 Å². The largest absolute Gasteiger partial charge is 0.103 e. The van der Waals surface area contributed by atoms with Crippen molar-refractivity contribution in [2.45, 2.75) is 46.5 Å². The highest BCUT2D eigenvalue weighted by molar-refractivity contribution is 5.24. The third-order valence-electron chi connectivity index (χ3n) is 2.56. The van der Waals surface area contributed by atoms with Gasteiger partial charge < -0.3 is 0 Å². The first-order valence-corrected chi connectivity index (χ1v) is 6.19. The van der Waals surface area contributed by atoms with Gasteiger partial charge in [-0.05, 0) is 37.7 Å². The summed E-state index contributed by atoms with van der Waals surface area (Å²) in [5, 5.41) is 0. The van der Waals surface area contributed by atoms with E-state index in [2.05, 4.69) is 46.1 Å². The summed E-state index contributed by atoms with van der Waals surface area (Å²) in [6, 6.07) is 0. The molecule has 16 heavy (non-hydrogen) atoms. The van der Waals surface area contributed by atoms with Gasteiger partial charge in [-0.3, -0.25) is 0 Å². The van der Waals surface area contributed by atoms with E-state index in [9.17, 15) is 0 Å². The van der Waals surface area contributed by atoms with Gasteiger partial charge in [0.2, 0.25) is 0 Å². The van der Waals surface area contributed by atoms with E-state index in [1.54, 1.807) is 0 Å². The van der Waals surface area contributed by atoms with Crippen LogP contribution in [0, 0.1) is 5.92 Å². The van der Waals surface area contributed by atoms with Crippen molar-refractivity contribution in [2.75, 3.05) is 0 Å². The summed E-state index contributed by atoms with van der Waals surface area (Å²) in [6.07, 6.45) is 12.9. The van der Waals surface area contributed by atoms with Crippen molar-refractivity contribution in [1.82, 2.24) is 0 Å². The molecule has 0 saturated heterocycles. The fourth-order valence-electron chi connectivity index (χ4n) is 1.51. The number of rotatable bonds is 8. The van der Waals surface area contributed by atoms with Gasteiger partial charge in [-0.25, -0.2) is 0 Å². The van der Waals surface area contributed by atoms with E-state index < -0.39 is 0 Å². The lowest BCUT2D eigenvalue weighted by Gasteiger charge is -2.04. The fourth-order valence-corrected chi connectivity index (χ4v) is 1.51. The molecule has 0 radical (unpaired) electrons. The lowest BCUT2D eigenvalue weighted by Crippen LogP contribution is -1.88. The molecule has 0 saturated carbocycles. The summed E-state index contributed by atoms with van der Waals surface area (Å²) < 4.78 is 0. The topological polar surface area (TPSA) is 0 Å². The molecule has 0 fully saturated rings. The maximum atomic E-state index is 3.87. The van der Waals surface area contributed by atoms with E-state index in [4.69, 9.17) is 0 Å². The van der Waals surface area contributed by atoms with E-state index in [0.29, 0.717) is 0 Å². The third kappa shape index (κ3) is 8.28. The maximum absolute atomic E-state index is 3.87. The van der Waals surface area contributed by atoms with Crippen molar-refractivity contribution >= 4 is 0 Å². The van der Waals surface area contributed by atoms with Crippen LogP contribution < -0.4 is 0 Å². The van der Waals surface area contributed by atoms with E-state index in [1.807, 2.05) is 12.2 Å². The molecule has 0 heterocycles. The molecule has 0 aromatic heterocycles. The third-order valence-corrected chi connectivity index (χ3v) is 2.56. The second-order valence-electron chi connectivity index (χ2n) is 4.74. The van der Waals surface area contributed by atoms with Gasteiger partial charge in [-0.1, -0.05) is 56.7 Å². The Morgan fingerprint density at radius 2 is 1.88 bits per heavy atom. The minimum Gasteiger partial charge on any atom is -0.103 e. The Bertz CT molecular complexity index is 264. The summed E-state index contributed by atoms with van der Waals surface area (Å²) in [5.74, 6) is 0.795. The molecule has 0 unspecified atom stereocenters. The molecule has 0 bridgehead atoms. The first-order valence-electron chi connectivity index (χ1n) is 6.19. The molecular formula is C16H26. The summed E-state index contributed by atoms with van der Waals surface area (Å²) in [4.78, 5) is 0. The molecule has 90 valence electrons. The highest BCUT2D eigenvalue weighted by Crippen LogP contribution is 2.13. The monoisotopic (exact) mass is 218 g/mol. The second-order valence-corrected chi connectivity index (χ2v) is 4.74. The van der Waals surface area contributed by atoms with Crippen molar-refractivity contribution < 1.29 is 0 Å². The van der Waals surface area contributed by atoms with Crippen LogP contribution >= 0.6 is 0 Å². The molecule has 0 heteroatoms. The number of allylic oxidation sites excluding steroid dienone is 6. The molecule has 0 aliphatic heterocycles. The zero-order valence-corrected chi connectivity index (χ0v) is 11.1. The average Bonchev–Trinajstić information content (AvgIpc) is 2.23. The molecule has 0 aliphatic rings. The summed E-state index contributed by atoms with van der Waals surface area (Å²) in [5.41, 5.74) is 2.68. The van der Waals surface area contributed by atoms with Crippen LogP contribution in [0.25, 0.3) is 0 Å². The predicted molar refractivity (Wildman–Crippen MR) is 75.5 cm³/mol. The van der Waals surface area contributed by atoms with Gasteiger partial charge >= 0.3 is 0 Å². The Morgan fingerprint density at radius 3 is 2.38 bits per heavy atom. The SMILES string of the molecule is C=CCC(C)=CC=C(C=C)CCCC(C)C. The van der Waals surface area contributed by atoms with Gasteiger partial charge in [0.15, 0.2) is 0 Å². The maximum Gasteiger partial charge on any atom is -0.0141 e. The van der Waals surface area contributed by atoms with Crippen LogP contribution in [0.15, 0.2) is 48.6 Å². The van der Waals surface area contributed by atoms with Gasteiger partial charge in [-0.2, -0.15) is 0 Å². The minimum absolute atomic E-state index is 0.795. The van der Waals surface area contributed by atoms with Crippen molar-refractivity contribution in [3.63, 3.8) is 0 Å². The molecule has 0 rings (SSSR count). The number of hydrogen-bond acceptors (Lipinski definition) is 0. The van der Waals surface area contributed by atoms with Gasteiger partial charge in [0.05, 0.1) is 0 Å². The molecule has 0 aromatic rings. The normalized spacial score (nSPS) is 13.0. The van der Waals surface area contributed by atoms with E-state index in [-0.39, 0.29) is 0 Å². The molecule has 0 nitrogen and oxygen atoms in total. The van der Waals surface area contributed by atoms with Crippen LogP contribution in [0.4, 0.5) is 0 Å². The molecular weight excluding hydrogens is 192 g/mol. The van der Waals surface area contributed by atoms with Crippen molar-refractivity contribution in [3.05, 3.63) is 48.6 Å². The minimum atomic E-state index is 0.795. The lowest BCUT2D eigenvalue weighted by molar-refractivity contribution is 0.556. The van der Waals surface area contributed by atoms with Crippen LogP contribution in [0.5, 0.6) is 0 Å². The predicted octanol–water partition coefficient (Wildman–Crippen LogP) is 5.45. The Labute approximate surface area is 101 Å². The highest BCUT2D eigenvalue weighted by Gasteiger charge is 1.95. The zero-order chi connectivity index (χ0) is 12.4. The van der Waals surface area contributed by atoms with Crippen LogP contribution in [0.3, 0.4) is 0 Å². The molecule has 0 aliphatic carbocycles. The van der Waals surface area contributed by atoms with Gasteiger partial charge in [0.1, 0.15) is 0 Å². The Kier molecular flexibility index (Phi) is 8.61. The molecule has 0 atom stereocenters. The first kappa shape index (κ1) is 15.0. The Hall–Kier alpha value is -1.04. The van der Waals surface area contributed by atoms with Crippen molar-refractivity contribution in [3.8, 4) is 0 Å². The zero-order valence-electron chi connectivity index (χ0n) is 11.1. The average molecular weight is 218 g/mol. The summed E-state index contributed by atoms with van der Waals surface area (Å²) in [6.45, 7) is 14.3. The van der Waals surface area contributed by atoms with E-state index in [0.717, 1.165) is 18.8 Å². The smallest absolute Gasteiger partial charge is 0.0141 e. The summed E-state index contributed by atoms with van der Waals surface area (Å²) >= 11 is 0. The van der Waals surface area contributed by atoms with Crippen LogP contribution in [-0.2, 0) is 0 Å². The van der Waals surface area contributed by atoms with Crippen LogP contribution in [-0.4, -0.2) is 0 Å². The second kappa shape index (κ2) is 9.21. The number of hydrogen-bond donors (Lipinski definition) is 0. The quantitative estimate of drug-likeness (QED) is 0.375. The van der Waals surface area contributed by atoms with Crippen LogP contribution in [0.2, 0.25) is 0 Å². The lowest BCUT2D eigenvalue weighted by atomic mass is 10.0. The Balaban J connectivity index is 4.16. The molecule has 0 spiro atoms. The van der Waals surface area contributed by atoms with Gasteiger partial charge in [-0.15, -0.1) is 6.58 Å². The summed E-state index contributed by atoms with van der Waals surface area (Å²) in [7, 11) is 0. The van der Waals surface area contributed by atoms with Gasteiger partial charge in [0.25, 0.3) is 0 Å². The molecule has 0 aromatic carbocycles. The van der Waals surface area contributed by atoms with Gasteiger partial charge in [0, 0.05) is 0 Å². The van der Waals surface area contributed by atoms with E-state index >= 15 is 0 Å². The van der Waals surface area contributed by atoms with Crippen molar-refractivity contribution in [2.24, 2.45) is 5.92 Å². The molecule has 0 N–H and O–H groups in total. The van der Waals surface area contributed by atoms with E-state index in [1.165, 1.54) is 24.0 Å². The van der Waals surface area contributed by atoms with Crippen LogP contribution in [0.1, 0.15) is 46.5 Å². The molecule has 0 amide bonds. The highest BCUT2D eigenvalue weighted by atomic mass is 14.0. The Morgan fingerprint density at radius 1 is 1.19 bits per heavy atom. The fraction of sp³-hybridized carbons (Fsp3) is 0.500.